The normalized spacial score (nSPS) is 11.4. The number of carbonyl (C=O) groups is 2. The predicted octanol–water partition coefficient (Wildman–Crippen LogP) is 5.52. The zero-order valence-corrected chi connectivity index (χ0v) is 29.2. The van der Waals surface area contributed by atoms with Crippen molar-refractivity contribution in [1.82, 2.24) is 24.4 Å². The molecule has 0 radical (unpaired) electrons. The molecule has 2 amide bonds. The van der Waals surface area contributed by atoms with Crippen LogP contribution in [-0.2, 0) is 27.7 Å². The Balaban J connectivity index is 1.46. The fourth-order valence-electron chi connectivity index (χ4n) is 5.29. The lowest BCUT2D eigenvalue weighted by molar-refractivity contribution is 0.0935. The highest BCUT2D eigenvalue weighted by Crippen LogP contribution is 2.29. The molecule has 1 heterocycles. The second-order valence-corrected chi connectivity index (χ2v) is 13.5. The molecule has 4 aromatic carbocycles. The molecule has 2 N–H and O–H groups in total. The maximum atomic E-state index is 15.8. The number of aryl methyl sites for hydroxylation is 1. The molecule has 0 fully saturated rings. The summed E-state index contributed by atoms with van der Waals surface area (Å²) < 4.78 is 65.9. The maximum Gasteiger partial charge on any atom is 0.351 e. The fourth-order valence-corrected chi connectivity index (χ4v) is 6.68. The van der Waals surface area contributed by atoms with Crippen LogP contribution in [0.25, 0.3) is 16.8 Å². The number of rotatable bonds is 14. The molecule has 0 saturated heterocycles. The van der Waals surface area contributed by atoms with E-state index in [-0.39, 0.29) is 50.9 Å². The van der Waals surface area contributed by atoms with Crippen LogP contribution in [0.5, 0.6) is 0 Å². The summed E-state index contributed by atoms with van der Waals surface area (Å²) in [4.78, 5) is 38.8. The summed E-state index contributed by atoms with van der Waals surface area (Å²) in [5, 5.41) is 7.40. The average molecular weight is 738 g/mol. The molecule has 266 valence electrons. The molecule has 0 aliphatic rings. The van der Waals surface area contributed by atoms with Crippen molar-refractivity contribution in [2.24, 2.45) is 0 Å². The summed E-state index contributed by atoms with van der Waals surface area (Å²) in [6.45, 7) is 2.36. The van der Waals surface area contributed by atoms with E-state index in [0.29, 0.717) is 25.3 Å². The first kappa shape index (κ1) is 37.1. The Morgan fingerprint density at radius 3 is 2.41 bits per heavy atom. The van der Waals surface area contributed by atoms with Crippen molar-refractivity contribution in [2.75, 3.05) is 20.3 Å². The lowest BCUT2D eigenvalue weighted by Crippen LogP contribution is -2.31. The summed E-state index contributed by atoms with van der Waals surface area (Å²) in [7, 11) is -3.01. The van der Waals surface area contributed by atoms with Gasteiger partial charge in [0.15, 0.2) is 0 Å². The van der Waals surface area contributed by atoms with Crippen molar-refractivity contribution >= 4 is 33.4 Å². The number of hydrogen-bond acceptors (Lipinski definition) is 7. The Morgan fingerprint density at radius 1 is 0.941 bits per heavy atom. The molecule has 0 aliphatic carbocycles. The van der Waals surface area contributed by atoms with Gasteiger partial charge in [0.1, 0.15) is 17.5 Å². The van der Waals surface area contributed by atoms with Gasteiger partial charge in [-0.3, -0.25) is 14.2 Å². The first-order valence-electron chi connectivity index (χ1n) is 15.9. The number of halogens is 3. The number of amides is 2. The van der Waals surface area contributed by atoms with E-state index in [1.807, 2.05) is 11.6 Å². The van der Waals surface area contributed by atoms with Gasteiger partial charge in [-0.15, -0.1) is 5.10 Å². The predicted molar refractivity (Wildman–Crippen MR) is 188 cm³/mol. The van der Waals surface area contributed by atoms with Crippen molar-refractivity contribution in [2.45, 2.75) is 37.6 Å². The Morgan fingerprint density at radius 2 is 1.69 bits per heavy atom. The molecule has 0 unspecified atom stereocenters. The van der Waals surface area contributed by atoms with Crippen molar-refractivity contribution < 1.29 is 31.5 Å². The lowest BCUT2D eigenvalue weighted by Gasteiger charge is -2.13. The van der Waals surface area contributed by atoms with Gasteiger partial charge in [-0.25, -0.2) is 26.7 Å². The topological polar surface area (TPSA) is 141 Å². The van der Waals surface area contributed by atoms with Crippen molar-refractivity contribution in [3.63, 3.8) is 0 Å². The Hall–Kier alpha value is -5.18. The molecule has 5 rings (SSSR count). The number of ether oxygens (including phenoxy) is 1. The second-order valence-electron chi connectivity index (χ2n) is 11.4. The van der Waals surface area contributed by atoms with Crippen LogP contribution in [0.1, 0.15) is 51.9 Å². The average Bonchev–Trinajstić information content (AvgIpc) is 3.42. The maximum absolute atomic E-state index is 15.8. The minimum Gasteiger partial charge on any atom is -0.383 e. The van der Waals surface area contributed by atoms with Crippen LogP contribution in [0, 0.1) is 11.6 Å². The molecule has 0 bridgehead atoms. The van der Waals surface area contributed by atoms with Gasteiger partial charge in [0, 0.05) is 36.8 Å². The van der Waals surface area contributed by atoms with Crippen LogP contribution in [0.3, 0.4) is 0 Å². The van der Waals surface area contributed by atoms with E-state index in [4.69, 9.17) is 16.3 Å². The third-order valence-electron chi connectivity index (χ3n) is 7.94. The van der Waals surface area contributed by atoms with E-state index < -0.39 is 44.7 Å². The number of nitrogens with zero attached hydrogens (tertiary/aromatic N) is 3. The van der Waals surface area contributed by atoms with Gasteiger partial charge in [0.05, 0.1) is 34.3 Å². The van der Waals surface area contributed by atoms with E-state index in [0.717, 1.165) is 29.3 Å². The van der Waals surface area contributed by atoms with Gasteiger partial charge < -0.3 is 10.1 Å². The molecule has 15 heteroatoms. The van der Waals surface area contributed by atoms with Gasteiger partial charge in [-0.05, 0) is 54.4 Å². The highest BCUT2D eigenvalue weighted by molar-refractivity contribution is 7.90. The van der Waals surface area contributed by atoms with Gasteiger partial charge in [0.25, 0.3) is 21.8 Å². The standard InChI is InChI=1S/C36H34ClF2N5O6S/c1-3-4-13-33-41-44(31-21-24(16-17-28(31)37)34(45)40-18-19-50-2)36(47)43(33)22-25-15-14-23(20-30(25)39)26-9-6-8-12-32(26)51(48,49)42-35(46)27-10-5-7-11-29(27)38/h5-12,14-17,20-21H,3-4,13,18-19,22H2,1-2H3,(H,40,45)(H,42,46). The number of unbranched alkanes of at least 4 members (excludes halogenated alkanes) is 1. The Bertz CT molecular complexity index is 2260. The van der Waals surface area contributed by atoms with Gasteiger partial charge in [-0.1, -0.05) is 67.4 Å². The van der Waals surface area contributed by atoms with Crippen LogP contribution < -0.4 is 15.7 Å². The number of carbonyl (C=O) groups excluding carboxylic acids is 2. The summed E-state index contributed by atoms with van der Waals surface area (Å²) >= 11 is 6.47. The monoisotopic (exact) mass is 737 g/mol. The van der Waals surface area contributed by atoms with E-state index >= 15 is 4.39 Å². The summed E-state index contributed by atoms with van der Waals surface area (Å²) in [6.07, 6.45) is 1.88. The third kappa shape index (κ3) is 8.42. The van der Waals surface area contributed by atoms with Crippen LogP contribution >= 0.6 is 11.6 Å². The SMILES string of the molecule is CCCCc1nn(-c2cc(C(=O)NCCOC)ccc2Cl)c(=O)n1Cc1ccc(-c2ccccc2S(=O)(=O)NC(=O)c2ccccc2F)cc1F. The van der Waals surface area contributed by atoms with Crippen LogP contribution in [0.15, 0.2) is 94.6 Å². The molecule has 51 heavy (non-hydrogen) atoms. The van der Waals surface area contributed by atoms with E-state index in [9.17, 15) is 27.2 Å². The number of sulfonamides is 1. The van der Waals surface area contributed by atoms with Crippen LogP contribution in [-0.4, -0.2) is 54.8 Å². The zero-order chi connectivity index (χ0) is 36.7. The van der Waals surface area contributed by atoms with Crippen molar-refractivity contribution in [1.29, 1.82) is 0 Å². The lowest BCUT2D eigenvalue weighted by atomic mass is 10.0. The van der Waals surface area contributed by atoms with Gasteiger partial charge >= 0.3 is 5.69 Å². The minimum absolute atomic E-state index is 0.0891. The number of nitrogens with one attached hydrogen (secondary N) is 2. The highest BCUT2D eigenvalue weighted by atomic mass is 35.5. The van der Waals surface area contributed by atoms with E-state index in [2.05, 4.69) is 10.4 Å². The third-order valence-corrected chi connectivity index (χ3v) is 9.64. The summed E-state index contributed by atoms with van der Waals surface area (Å²) in [6, 6.07) is 19.1. The molecule has 11 nitrogen and oxygen atoms in total. The number of methoxy groups -OCH3 is 1. The van der Waals surface area contributed by atoms with Crippen LogP contribution in [0.2, 0.25) is 5.02 Å². The number of aromatic nitrogens is 3. The molecule has 0 saturated carbocycles. The first-order valence-corrected chi connectivity index (χ1v) is 17.8. The smallest absolute Gasteiger partial charge is 0.351 e. The largest absolute Gasteiger partial charge is 0.383 e. The van der Waals surface area contributed by atoms with E-state index in [1.165, 1.54) is 72.3 Å². The van der Waals surface area contributed by atoms with Gasteiger partial charge in [-0.2, -0.15) is 4.68 Å². The summed E-state index contributed by atoms with van der Waals surface area (Å²) in [5.41, 5.74) is -0.257. The number of hydrogen-bond donors (Lipinski definition) is 2. The number of benzene rings is 4. The van der Waals surface area contributed by atoms with Crippen molar-refractivity contribution in [3.8, 4) is 16.8 Å². The second kappa shape index (κ2) is 16.2. The first-order chi connectivity index (χ1) is 24.4. The fraction of sp³-hybridized carbons (Fsp3) is 0.222. The highest BCUT2D eigenvalue weighted by Gasteiger charge is 2.25. The molecule has 0 aliphatic heterocycles. The van der Waals surface area contributed by atoms with E-state index in [1.54, 1.807) is 6.07 Å². The Kier molecular flexibility index (Phi) is 11.8. The molecule has 1 aromatic heterocycles. The molecule has 5 aromatic rings. The Labute approximate surface area is 297 Å². The van der Waals surface area contributed by atoms with Gasteiger partial charge in [0.2, 0.25) is 0 Å². The molecule has 0 spiro atoms. The minimum atomic E-state index is -4.52. The van der Waals surface area contributed by atoms with Crippen molar-refractivity contribution in [3.05, 3.63) is 135 Å². The zero-order valence-electron chi connectivity index (χ0n) is 27.7. The quantitative estimate of drug-likeness (QED) is 0.143. The van der Waals surface area contributed by atoms with Crippen LogP contribution in [0.4, 0.5) is 8.78 Å². The molecular weight excluding hydrogens is 704 g/mol. The molecular formula is C36H34ClF2N5O6S. The summed E-state index contributed by atoms with van der Waals surface area (Å²) in [5.74, 6) is -2.81. The molecule has 0 atom stereocenters.